The Balaban J connectivity index is 1.10. The van der Waals surface area contributed by atoms with E-state index in [9.17, 15) is 0 Å². The van der Waals surface area contributed by atoms with Crippen LogP contribution in [0.2, 0.25) is 0 Å². The lowest BCUT2D eigenvalue weighted by atomic mass is 9.93. The van der Waals surface area contributed by atoms with Gasteiger partial charge >= 0.3 is 5.95 Å². The highest BCUT2D eigenvalue weighted by molar-refractivity contribution is 5.42. The number of hydrogen-bond acceptors (Lipinski definition) is 6. The minimum Gasteiger partial charge on any atom is -0.493 e. The Labute approximate surface area is 197 Å². The van der Waals surface area contributed by atoms with Crippen molar-refractivity contribution < 1.29 is 23.7 Å². The first-order valence-corrected chi connectivity index (χ1v) is 11.9. The van der Waals surface area contributed by atoms with E-state index in [1.807, 2.05) is 24.3 Å². The van der Waals surface area contributed by atoms with Gasteiger partial charge in [0.2, 0.25) is 6.29 Å². The zero-order chi connectivity index (χ0) is 22.9. The molecule has 2 aromatic rings. The van der Waals surface area contributed by atoms with Gasteiger partial charge in [0.05, 0.1) is 20.8 Å². The Morgan fingerprint density at radius 3 is 2.48 bits per heavy atom. The Kier molecular flexibility index (Phi) is 8.36. The van der Waals surface area contributed by atoms with Gasteiger partial charge in [0, 0.05) is 13.0 Å². The van der Waals surface area contributed by atoms with E-state index in [0.717, 1.165) is 44.0 Å². The molecule has 0 saturated carbocycles. The lowest BCUT2D eigenvalue weighted by Crippen LogP contribution is -2.35. The average molecular weight is 454 g/mol. The van der Waals surface area contributed by atoms with Gasteiger partial charge in [0.15, 0.2) is 17.8 Å². The smallest absolute Gasteiger partial charge is 0.318 e. The number of rotatable bonds is 11. The molecule has 2 aromatic carbocycles. The molecule has 33 heavy (non-hydrogen) atoms. The molecule has 0 amide bonds. The van der Waals surface area contributed by atoms with Crippen molar-refractivity contribution >= 4 is 0 Å². The van der Waals surface area contributed by atoms with E-state index in [0.29, 0.717) is 24.9 Å². The summed E-state index contributed by atoms with van der Waals surface area (Å²) in [6, 6.07) is 16.4. The van der Waals surface area contributed by atoms with Crippen LogP contribution in [0.25, 0.3) is 0 Å². The molecule has 1 saturated heterocycles. The van der Waals surface area contributed by atoms with Crippen molar-refractivity contribution in [3.8, 4) is 11.5 Å². The lowest BCUT2D eigenvalue weighted by molar-refractivity contribution is -0.0711. The van der Waals surface area contributed by atoms with Crippen molar-refractivity contribution in [3.63, 3.8) is 0 Å². The normalized spacial score (nSPS) is 18.8. The van der Waals surface area contributed by atoms with Crippen LogP contribution in [0.4, 0.5) is 0 Å². The van der Waals surface area contributed by atoms with Gasteiger partial charge in [0.25, 0.3) is 0 Å². The Hall–Kier alpha value is -2.86. The third-order valence-corrected chi connectivity index (χ3v) is 6.45. The predicted octanol–water partition coefficient (Wildman–Crippen LogP) is 4.78. The molecule has 6 heteroatoms. The molecular weight excluding hydrogens is 418 g/mol. The second-order valence-electron chi connectivity index (χ2n) is 8.67. The van der Waals surface area contributed by atoms with Gasteiger partial charge in [-0.1, -0.05) is 36.4 Å². The minimum absolute atomic E-state index is 0.295. The first-order chi connectivity index (χ1) is 16.2. The molecule has 2 aliphatic rings. The van der Waals surface area contributed by atoms with Crippen molar-refractivity contribution in [1.29, 1.82) is 0 Å². The van der Waals surface area contributed by atoms with Crippen molar-refractivity contribution in [3.05, 3.63) is 71.9 Å². The number of nitrogens with zero attached hydrogens (tertiary/aromatic N) is 1. The first-order valence-electron chi connectivity index (χ1n) is 11.9. The van der Waals surface area contributed by atoms with Gasteiger partial charge in [-0.3, -0.25) is 0 Å². The van der Waals surface area contributed by atoms with Crippen LogP contribution in [0.15, 0.2) is 60.7 Å². The van der Waals surface area contributed by atoms with E-state index in [1.54, 1.807) is 20.5 Å². The summed E-state index contributed by atoms with van der Waals surface area (Å²) in [5.74, 6) is 2.78. The van der Waals surface area contributed by atoms with Gasteiger partial charge in [-0.15, -0.1) is 0 Å². The summed E-state index contributed by atoms with van der Waals surface area (Å²) in [5.41, 5.74) is 2.47. The molecule has 0 spiro atoms. The molecule has 4 rings (SSSR count). The SMILES string of the molecule is COc1ccc(CCN2CCC(CCOC3=COC(Cc4ccccc4)O3)CC2)cc1OC. The van der Waals surface area contributed by atoms with E-state index in [1.165, 1.54) is 24.0 Å². The Bertz CT molecular complexity index is 893. The highest BCUT2D eigenvalue weighted by Gasteiger charge is 2.23. The summed E-state index contributed by atoms with van der Waals surface area (Å²) in [6.07, 6.45) is 6.51. The van der Waals surface area contributed by atoms with Crippen LogP contribution in [0.5, 0.6) is 11.5 Å². The summed E-state index contributed by atoms with van der Waals surface area (Å²) in [6.45, 7) is 4.02. The summed E-state index contributed by atoms with van der Waals surface area (Å²) >= 11 is 0. The maximum atomic E-state index is 5.82. The molecule has 6 nitrogen and oxygen atoms in total. The van der Waals surface area contributed by atoms with Gasteiger partial charge in [0.1, 0.15) is 0 Å². The fourth-order valence-corrected chi connectivity index (χ4v) is 4.43. The fourth-order valence-electron chi connectivity index (χ4n) is 4.43. The molecule has 0 aliphatic carbocycles. The molecule has 2 heterocycles. The molecule has 1 fully saturated rings. The van der Waals surface area contributed by atoms with Crippen molar-refractivity contribution in [2.75, 3.05) is 40.5 Å². The largest absolute Gasteiger partial charge is 0.493 e. The van der Waals surface area contributed by atoms with Crippen LogP contribution >= 0.6 is 0 Å². The topological polar surface area (TPSA) is 49.4 Å². The number of benzene rings is 2. The maximum absolute atomic E-state index is 5.82. The molecule has 1 unspecified atom stereocenters. The summed E-state index contributed by atoms with van der Waals surface area (Å²) in [5, 5.41) is 0. The maximum Gasteiger partial charge on any atom is 0.318 e. The highest BCUT2D eigenvalue weighted by Crippen LogP contribution is 2.28. The lowest BCUT2D eigenvalue weighted by Gasteiger charge is -2.32. The van der Waals surface area contributed by atoms with E-state index >= 15 is 0 Å². The first kappa shape index (κ1) is 23.3. The third-order valence-electron chi connectivity index (χ3n) is 6.45. The van der Waals surface area contributed by atoms with Crippen LogP contribution in [0, 0.1) is 5.92 Å². The zero-order valence-electron chi connectivity index (χ0n) is 19.7. The number of likely N-dealkylation sites (tertiary alicyclic amines) is 1. The molecular formula is C27H35NO5. The van der Waals surface area contributed by atoms with Crippen LogP contribution in [0.1, 0.15) is 30.4 Å². The van der Waals surface area contributed by atoms with E-state index < -0.39 is 0 Å². The average Bonchev–Trinajstić information content (AvgIpc) is 3.31. The van der Waals surface area contributed by atoms with Crippen LogP contribution in [0.3, 0.4) is 0 Å². The number of methoxy groups -OCH3 is 2. The number of ether oxygens (including phenoxy) is 5. The molecule has 178 valence electrons. The highest BCUT2D eigenvalue weighted by atomic mass is 16.8. The molecule has 2 aliphatic heterocycles. The van der Waals surface area contributed by atoms with Gasteiger partial charge in [-0.2, -0.15) is 0 Å². The van der Waals surface area contributed by atoms with E-state index in [4.69, 9.17) is 23.7 Å². The molecule has 0 N–H and O–H groups in total. The van der Waals surface area contributed by atoms with Crippen LogP contribution in [-0.2, 0) is 27.1 Å². The van der Waals surface area contributed by atoms with Gasteiger partial charge in [-0.05, 0) is 68.0 Å². The third kappa shape index (κ3) is 6.81. The summed E-state index contributed by atoms with van der Waals surface area (Å²) in [4.78, 5) is 2.55. The quantitative estimate of drug-likeness (QED) is 0.488. The Morgan fingerprint density at radius 1 is 0.939 bits per heavy atom. The van der Waals surface area contributed by atoms with Crippen molar-refractivity contribution in [2.45, 2.75) is 38.4 Å². The monoisotopic (exact) mass is 453 g/mol. The summed E-state index contributed by atoms with van der Waals surface area (Å²) < 4.78 is 27.9. The number of hydrogen-bond donors (Lipinski definition) is 0. The molecule has 0 radical (unpaired) electrons. The fraction of sp³-hybridized carbons (Fsp3) is 0.481. The van der Waals surface area contributed by atoms with E-state index in [-0.39, 0.29) is 6.29 Å². The van der Waals surface area contributed by atoms with Crippen LogP contribution in [-0.4, -0.2) is 51.7 Å². The van der Waals surface area contributed by atoms with E-state index in [2.05, 4.69) is 29.2 Å². The zero-order valence-corrected chi connectivity index (χ0v) is 19.7. The molecule has 1 atom stereocenters. The van der Waals surface area contributed by atoms with Crippen molar-refractivity contribution in [2.24, 2.45) is 5.92 Å². The molecule has 0 bridgehead atoms. The van der Waals surface area contributed by atoms with Gasteiger partial charge < -0.3 is 28.6 Å². The second kappa shape index (κ2) is 11.8. The summed E-state index contributed by atoms with van der Waals surface area (Å²) in [7, 11) is 3.35. The standard InChI is InChI=1S/C27H35NO5/c1-29-24-9-8-23(18-25(24)30-2)12-16-28-14-10-21(11-15-28)13-17-31-27-20-32-26(33-27)19-22-6-4-3-5-7-22/h3-9,18,20-21,26H,10-17,19H2,1-2H3. The second-order valence-corrected chi connectivity index (χ2v) is 8.67. The molecule has 0 aromatic heterocycles. The van der Waals surface area contributed by atoms with Crippen LogP contribution < -0.4 is 9.47 Å². The predicted molar refractivity (Wildman–Crippen MR) is 127 cm³/mol. The van der Waals surface area contributed by atoms with Gasteiger partial charge in [-0.25, -0.2) is 0 Å². The number of piperidine rings is 1. The Morgan fingerprint density at radius 2 is 1.73 bits per heavy atom. The van der Waals surface area contributed by atoms with Crippen molar-refractivity contribution in [1.82, 2.24) is 4.90 Å². The minimum atomic E-state index is -0.295.